The summed E-state index contributed by atoms with van der Waals surface area (Å²) in [5, 5.41) is 24.3. The highest BCUT2D eigenvalue weighted by molar-refractivity contribution is 6.15. The average Bonchev–Trinajstić information content (AvgIpc) is 3.51. The third-order valence-corrected chi connectivity index (χ3v) is 7.06. The van der Waals surface area contributed by atoms with Crippen LogP contribution in [-0.2, 0) is 0 Å². The molecule has 5 aromatic carbocycles. The Bertz CT molecular complexity index is 1930. The van der Waals surface area contributed by atoms with Crippen LogP contribution in [0.15, 0.2) is 97.1 Å². The highest BCUT2D eigenvalue weighted by Gasteiger charge is 2.19. The number of benzene rings is 5. The third kappa shape index (κ3) is 2.79. The number of hydrogen-bond donors (Lipinski definition) is 2. The van der Waals surface area contributed by atoms with E-state index in [0.717, 1.165) is 65.9 Å². The lowest BCUT2D eigenvalue weighted by Crippen LogP contribution is -1.93. The number of nitrogens with zero attached hydrogens (tertiary/aromatic N) is 2. The maximum Gasteiger partial charge on any atom is 0.101 e. The van der Waals surface area contributed by atoms with Crippen molar-refractivity contribution in [2.45, 2.75) is 0 Å². The Morgan fingerprint density at radius 2 is 0.861 bits per heavy atom. The number of rotatable bonds is 2. The molecule has 7 rings (SSSR count). The van der Waals surface area contributed by atoms with E-state index in [9.17, 15) is 10.5 Å². The Kier molecular flexibility index (Phi) is 4.24. The molecule has 4 heteroatoms. The van der Waals surface area contributed by atoms with Crippen molar-refractivity contribution in [3.63, 3.8) is 0 Å². The summed E-state index contributed by atoms with van der Waals surface area (Å²) >= 11 is 0. The molecule has 0 atom stereocenters. The molecule has 0 aliphatic rings. The Balaban J connectivity index is 1.61. The zero-order valence-corrected chi connectivity index (χ0v) is 19.1. The van der Waals surface area contributed by atoms with Crippen LogP contribution >= 0.6 is 0 Å². The zero-order valence-electron chi connectivity index (χ0n) is 19.1. The van der Waals surface area contributed by atoms with Crippen molar-refractivity contribution >= 4 is 43.6 Å². The summed E-state index contributed by atoms with van der Waals surface area (Å²) in [5.74, 6) is 0. The van der Waals surface area contributed by atoms with Gasteiger partial charge in [-0.15, -0.1) is 0 Å². The number of aromatic nitrogens is 2. The van der Waals surface area contributed by atoms with Gasteiger partial charge in [0.15, 0.2) is 0 Å². The third-order valence-electron chi connectivity index (χ3n) is 7.06. The van der Waals surface area contributed by atoms with E-state index in [1.54, 1.807) is 0 Å². The van der Waals surface area contributed by atoms with Crippen molar-refractivity contribution < 1.29 is 0 Å². The summed E-state index contributed by atoms with van der Waals surface area (Å²) in [6.07, 6.45) is 0. The Morgan fingerprint density at radius 1 is 0.444 bits per heavy atom. The SMILES string of the molecule is N#Cc1cc(-c2cccc3c2[nH]c2ccccc23)c(-c2cccc3c2[nH]c2ccccc23)cc1C#N. The van der Waals surface area contributed by atoms with Crippen molar-refractivity contribution in [2.24, 2.45) is 0 Å². The molecule has 0 bridgehead atoms. The highest BCUT2D eigenvalue weighted by atomic mass is 14.7. The molecule has 0 fully saturated rings. The van der Waals surface area contributed by atoms with Gasteiger partial charge in [-0.05, 0) is 35.4 Å². The normalized spacial score (nSPS) is 11.3. The first-order valence-corrected chi connectivity index (χ1v) is 11.7. The quantitative estimate of drug-likeness (QED) is 0.275. The van der Waals surface area contributed by atoms with E-state index < -0.39 is 0 Å². The minimum absolute atomic E-state index is 0.369. The minimum atomic E-state index is 0.369. The van der Waals surface area contributed by atoms with Crippen molar-refractivity contribution in [3.8, 4) is 34.4 Å². The lowest BCUT2D eigenvalue weighted by molar-refractivity contribution is 1.42. The molecule has 4 nitrogen and oxygen atoms in total. The standard InChI is InChI=1S/C32H18N4/c33-17-19-15-27(25-11-5-9-23-21-7-1-3-13-29(21)35-31(23)25)28(16-20(19)18-34)26-12-6-10-24-22-8-2-4-14-30(22)36-32(24)26/h1-16,35-36H. The van der Waals surface area contributed by atoms with E-state index in [4.69, 9.17) is 0 Å². The lowest BCUT2D eigenvalue weighted by atomic mass is 9.89. The summed E-state index contributed by atoms with van der Waals surface area (Å²) in [4.78, 5) is 7.19. The Hall–Kier alpha value is -5.32. The van der Waals surface area contributed by atoms with Crippen LogP contribution in [0.2, 0.25) is 0 Å². The van der Waals surface area contributed by atoms with E-state index >= 15 is 0 Å². The second-order valence-electron chi connectivity index (χ2n) is 8.96. The first-order valence-electron chi connectivity index (χ1n) is 11.7. The van der Waals surface area contributed by atoms with Gasteiger partial charge in [0.1, 0.15) is 12.1 Å². The summed E-state index contributed by atoms with van der Waals surface area (Å²) in [6, 6.07) is 37.2. The number of nitrogens with one attached hydrogen (secondary N) is 2. The van der Waals surface area contributed by atoms with Crippen LogP contribution < -0.4 is 0 Å². The van der Waals surface area contributed by atoms with Crippen molar-refractivity contribution in [1.82, 2.24) is 9.97 Å². The maximum atomic E-state index is 9.86. The minimum Gasteiger partial charge on any atom is -0.354 e. The molecule has 2 heterocycles. The van der Waals surface area contributed by atoms with Gasteiger partial charge in [0.05, 0.1) is 22.2 Å². The molecular formula is C32H18N4. The van der Waals surface area contributed by atoms with Gasteiger partial charge < -0.3 is 9.97 Å². The fourth-order valence-electron chi connectivity index (χ4n) is 5.43. The molecule has 7 aromatic rings. The second kappa shape index (κ2) is 7.60. The van der Waals surface area contributed by atoms with Gasteiger partial charge in [0, 0.05) is 43.7 Å². The molecule has 166 valence electrons. The molecule has 0 aliphatic heterocycles. The summed E-state index contributed by atoms with van der Waals surface area (Å²) in [7, 11) is 0. The lowest BCUT2D eigenvalue weighted by Gasteiger charge is -2.14. The van der Waals surface area contributed by atoms with Gasteiger partial charge in [0.25, 0.3) is 0 Å². The molecule has 0 saturated heterocycles. The Morgan fingerprint density at radius 3 is 1.31 bits per heavy atom. The molecule has 0 unspecified atom stereocenters. The van der Waals surface area contributed by atoms with Crippen LogP contribution in [0.4, 0.5) is 0 Å². The molecule has 0 radical (unpaired) electrons. The molecule has 0 aliphatic carbocycles. The van der Waals surface area contributed by atoms with E-state index in [0.29, 0.717) is 11.1 Å². The highest BCUT2D eigenvalue weighted by Crippen LogP contribution is 2.42. The summed E-state index contributed by atoms with van der Waals surface area (Å²) in [5.41, 5.74) is 8.70. The van der Waals surface area contributed by atoms with Crippen LogP contribution in [-0.4, -0.2) is 9.97 Å². The van der Waals surface area contributed by atoms with Crippen LogP contribution in [0.5, 0.6) is 0 Å². The van der Waals surface area contributed by atoms with E-state index in [1.165, 1.54) is 0 Å². The molecule has 0 saturated carbocycles. The molecule has 0 spiro atoms. The molecule has 0 amide bonds. The van der Waals surface area contributed by atoms with E-state index in [1.807, 2.05) is 36.4 Å². The molecule has 2 aromatic heterocycles. The van der Waals surface area contributed by atoms with Gasteiger partial charge >= 0.3 is 0 Å². The number of fused-ring (bicyclic) bond motifs is 6. The average molecular weight is 459 g/mol. The number of H-pyrrole nitrogens is 2. The van der Waals surface area contributed by atoms with Gasteiger partial charge in [0.2, 0.25) is 0 Å². The van der Waals surface area contributed by atoms with Crippen molar-refractivity contribution in [2.75, 3.05) is 0 Å². The number of nitriles is 2. The number of aromatic amines is 2. The van der Waals surface area contributed by atoms with Crippen LogP contribution in [0.25, 0.3) is 65.9 Å². The fourth-order valence-corrected chi connectivity index (χ4v) is 5.43. The zero-order chi connectivity index (χ0) is 24.2. The number of para-hydroxylation sites is 4. The molecule has 36 heavy (non-hydrogen) atoms. The van der Waals surface area contributed by atoms with Crippen molar-refractivity contribution in [3.05, 3.63) is 108 Å². The van der Waals surface area contributed by atoms with Crippen LogP contribution in [0.1, 0.15) is 11.1 Å². The predicted octanol–water partition coefficient (Wildman–Crippen LogP) is 8.03. The monoisotopic (exact) mass is 458 g/mol. The van der Waals surface area contributed by atoms with Gasteiger partial charge in [-0.2, -0.15) is 10.5 Å². The van der Waals surface area contributed by atoms with Crippen molar-refractivity contribution in [1.29, 1.82) is 10.5 Å². The first kappa shape index (κ1) is 20.1. The largest absolute Gasteiger partial charge is 0.354 e. The van der Waals surface area contributed by atoms with Gasteiger partial charge in [-0.3, -0.25) is 0 Å². The molecular weight excluding hydrogens is 440 g/mol. The smallest absolute Gasteiger partial charge is 0.101 e. The fraction of sp³-hybridized carbons (Fsp3) is 0. The van der Waals surface area contributed by atoms with Gasteiger partial charge in [-0.1, -0.05) is 72.8 Å². The van der Waals surface area contributed by atoms with E-state index in [-0.39, 0.29) is 0 Å². The summed E-state index contributed by atoms with van der Waals surface area (Å²) < 4.78 is 0. The second-order valence-corrected chi connectivity index (χ2v) is 8.96. The van der Waals surface area contributed by atoms with Crippen LogP contribution in [0.3, 0.4) is 0 Å². The van der Waals surface area contributed by atoms with Gasteiger partial charge in [-0.25, -0.2) is 0 Å². The first-order chi connectivity index (χ1) is 17.8. The Labute approximate surface area is 206 Å². The van der Waals surface area contributed by atoms with E-state index in [2.05, 4.69) is 82.8 Å². The predicted molar refractivity (Wildman–Crippen MR) is 145 cm³/mol. The maximum absolute atomic E-state index is 9.86. The summed E-state index contributed by atoms with van der Waals surface area (Å²) in [6.45, 7) is 0. The molecule has 2 N–H and O–H groups in total. The topological polar surface area (TPSA) is 79.2 Å². The number of hydrogen-bond acceptors (Lipinski definition) is 2. The van der Waals surface area contributed by atoms with Crippen LogP contribution in [0, 0.1) is 22.7 Å².